The van der Waals surface area contributed by atoms with Gasteiger partial charge >= 0.3 is 0 Å². The third-order valence-electron chi connectivity index (χ3n) is 3.04. The number of carbonyl (C=O) groups excluding carboxylic acids is 1. The molecule has 0 rings (SSSR count). The highest BCUT2D eigenvalue weighted by molar-refractivity contribution is 5.83. The van der Waals surface area contributed by atoms with Crippen LogP contribution in [0.4, 0.5) is 0 Å². The highest BCUT2D eigenvalue weighted by atomic mass is 16.5. The van der Waals surface area contributed by atoms with Crippen molar-refractivity contribution >= 4 is 5.78 Å². The number of carbonyl (C=O) groups is 1. The second-order valence-corrected chi connectivity index (χ2v) is 4.75. The molecule has 0 bridgehead atoms. The summed E-state index contributed by atoms with van der Waals surface area (Å²) in [6.07, 6.45) is 10.6. The third-order valence-corrected chi connectivity index (χ3v) is 3.04. The Morgan fingerprint density at radius 3 is 2.12 bits per heavy atom. The Balaban J connectivity index is 3.24. The van der Waals surface area contributed by atoms with E-state index in [2.05, 4.69) is 6.92 Å². The summed E-state index contributed by atoms with van der Waals surface area (Å²) in [4.78, 5) is 11.5. The summed E-state index contributed by atoms with van der Waals surface area (Å²) < 4.78 is 4.86. The predicted molar refractivity (Wildman–Crippen MR) is 72.1 cm³/mol. The largest absolute Gasteiger partial charge is 0.383 e. The number of Topliss-reactive ketones (excluding diaryl/α,β-unsaturated/α-hetero) is 1. The van der Waals surface area contributed by atoms with Gasteiger partial charge in [-0.15, -0.1) is 0 Å². The first-order valence-corrected chi connectivity index (χ1v) is 6.99. The highest BCUT2D eigenvalue weighted by Crippen LogP contribution is 2.10. The minimum Gasteiger partial charge on any atom is -0.383 e. The molecule has 0 spiro atoms. The van der Waals surface area contributed by atoms with Crippen LogP contribution < -0.4 is 5.73 Å². The van der Waals surface area contributed by atoms with Crippen LogP contribution in [0.1, 0.15) is 64.7 Å². The van der Waals surface area contributed by atoms with Crippen LogP contribution in [0.3, 0.4) is 0 Å². The Kier molecular flexibility index (Phi) is 11.8. The zero-order valence-electron chi connectivity index (χ0n) is 11.5. The number of hydrogen-bond acceptors (Lipinski definition) is 3. The van der Waals surface area contributed by atoms with Crippen LogP contribution >= 0.6 is 0 Å². The minimum atomic E-state index is -0.426. The maximum atomic E-state index is 11.5. The summed E-state index contributed by atoms with van der Waals surface area (Å²) in [6.45, 7) is 2.57. The van der Waals surface area contributed by atoms with Crippen molar-refractivity contribution in [2.45, 2.75) is 70.8 Å². The van der Waals surface area contributed by atoms with Gasteiger partial charge in [0, 0.05) is 13.5 Å². The van der Waals surface area contributed by atoms with Crippen molar-refractivity contribution in [1.82, 2.24) is 0 Å². The number of hydrogen-bond donors (Lipinski definition) is 1. The van der Waals surface area contributed by atoms with E-state index >= 15 is 0 Å². The average Bonchev–Trinajstić information content (AvgIpc) is 2.32. The second kappa shape index (κ2) is 12.1. The van der Waals surface area contributed by atoms with Gasteiger partial charge in [-0.05, 0) is 6.42 Å². The van der Waals surface area contributed by atoms with Crippen LogP contribution in [-0.4, -0.2) is 25.5 Å². The van der Waals surface area contributed by atoms with Gasteiger partial charge in [0.25, 0.3) is 0 Å². The van der Waals surface area contributed by atoms with Gasteiger partial charge in [0.05, 0.1) is 12.6 Å². The van der Waals surface area contributed by atoms with Crippen LogP contribution in [0.2, 0.25) is 0 Å². The molecule has 0 heterocycles. The Morgan fingerprint density at radius 1 is 1.06 bits per heavy atom. The fourth-order valence-corrected chi connectivity index (χ4v) is 1.89. The van der Waals surface area contributed by atoms with Gasteiger partial charge in [-0.1, -0.05) is 51.9 Å². The van der Waals surface area contributed by atoms with E-state index in [0.29, 0.717) is 13.0 Å². The van der Waals surface area contributed by atoms with E-state index in [1.165, 1.54) is 38.5 Å². The average molecular weight is 243 g/mol. The monoisotopic (exact) mass is 243 g/mol. The Morgan fingerprint density at radius 2 is 1.59 bits per heavy atom. The molecule has 0 aliphatic rings. The van der Waals surface area contributed by atoms with Gasteiger partial charge in [-0.25, -0.2) is 0 Å². The van der Waals surface area contributed by atoms with E-state index < -0.39 is 6.04 Å². The first-order chi connectivity index (χ1) is 8.22. The van der Waals surface area contributed by atoms with Crippen molar-refractivity contribution in [3.63, 3.8) is 0 Å². The maximum absolute atomic E-state index is 11.5. The molecule has 0 radical (unpaired) electrons. The molecule has 2 N–H and O–H groups in total. The fraction of sp³-hybridized carbons (Fsp3) is 0.929. The fourth-order valence-electron chi connectivity index (χ4n) is 1.89. The summed E-state index contributed by atoms with van der Waals surface area (Å²) in [5, 5.41) is 0. The topological polar surface area (TPSA) is 52.3 Å². The molecule has 0 aliphatic carbocycles. The van der Waals surface area contributed by atoms with E-state index in [1.54, 1.807) is 7.11 Å². The van der Waals surface area contributed by atoms with Crippen molar-refractivity contribution in [2.24, 2.45) is 5.73 Å². The first-order valence-electron chi connectivity index (χ1n) is 6.99. The lowest BCUT2D eigenvalue weighted by molar-refractivity contribution is -0.121. The van der Waals surface area contributed by atoms with Crippen LogP contribution in [0.25, 0.3) is 0 Å². The Bertz CT molecular complexity index is 183. The standard InChI is InChI=1S/C14H29NO2/c1-3-4-5-6-7-8-9-10-11-14(16)13(15)12-17-2/h13H,3-12,15H2,1-2H3. The molecule has 0 saturated heterocycles. The van der Waals surface area contributed by atoms with Crippen molar-refractivity contribution in [2.75, 3.05) is 13.7 Å². The molecule has 102 valence electrons. The van der Waals surface area contributed by atoms with Gasteiger partial charge in [-0.3, -0.25) is 4.79 Å². The van der Waals surface area contributed by atoms with E-state index in [4.69, 9.17) is 10.5 Å². The molecule has 17 heavy (non-hydrogen) atoms. The van der Waals surface area contributed by atoms with Crippen LogP contribution in [0.5, 0.6) is 0 Å². The zero-order chi connectivity index (χ0) is 12.9. The molecule has 0 aromatic carbocycles. The summed E-state index contributed by atoms with van der Waals surface area (Å²) in [5.41, 5.74) is 5.65. The molecule has 0 fully saturated rings. The SMILES string of the molecule is CCCCCCCCCCC(=O)C(N)COC. The van der Waals surface area contributed by atoms with Crippen molar-refractivity contribution in [1.29, 1.82) is 0 Å². The molecule has 3 nitrogen and oxygen atoms in total. The van der Waals surface area contributed by atoms with Crippen LogP contribution in [-0.2, 0) is 9.53 Å². The summed E-state index contributed by atoms with van der Waals surface area (Å²) in [7, 11) is 1.57. The molecule has 0 amide bonds. The summed E-state index contributed by atoms with van der Waals surface area (Å²) >= 11 is 0. The number of nitrogens with two attached hydrogens (primary N) is 1. The predicted octanol–water partition coefficient (Wildman–Crippen LogP) is 3.06. The van der Waals surface area contributed by atoms with Gasteiger partial charge in [0.2, 0.25) is 0 Å². The molecule has 0 aliphatic heterocycles. The Hall–Kier alpha value is -0.410. The lowest BCUT2D eigenvalue weighted by atomic mass is 10.0. The smallest absolute Gasteiger partial charge is 0.151 e. The maximum Gasteiger partial charge on any atom is 0.151 e. The number of rotatable bonds is 12. The minimum absolute atomic E-state index is 0.137. The zero-order valence-corrected chi connectivity index (χ0v) is 11.5. The molecule has 0 aromatic heterocycles. The van der Waals surface area contributed by atoms with Crippen molar-refractivity contribution in [3.05, 3.63) is 0 Å². The van der Waals surface area contributed by atoms with Gasteiger partial charge in [-0.2, -0.15) is 0 Å². The van der Waals surface area contributed by atoms with E-state index in [-0.39, 0.29) is 5.78 Å². The molecular formula is C14H29NO2. The Labute approximate surface area is 106 Å². The van der Waals surface area contributed by atoms with Gasteiger partial charge in [0.15, 0.2) is 5.78 Å². The quantitative estimate of drug-likeness (QED) is 0.536. The number of unbranched alkanes of at least 4 members (excludes halogenated alkanes) is 7. The van der Waals surface area contributed by atoms with Crippen LogP contribution in [0.15, 0.2) is 0 Å². The molecule has 1 unspecified atom stereocenters. The second-order valence-electron chi connectivity index (χ2n) is 4.75. The van der Waals surface area contributed by atoms with E-state index in [1.807, 2.05) is 0 Å². The first kappa shape index (κ1) is 16.6. The number of methoxy groups -OCH3 is 1. The van der Waals surface area contributed by atoms with Crippen molar-refractivity contribution in [3.8, 4) is 0 Å². The lowest BCUT2D eigenvalue weighted by Crippen LogP contribution is -2.34. The molecular weight excluding hydrogens is 214 g/mol. The van der Waals surface area contributed by atoms with E-state index in [9.17, 15) is 4.79 Å². The van der Waals surface area contributed by atoms with E-state index in [0.717, 1.165) is 12.8 Å². The molecule has 1 atom stereocenters. The molecule has 0 aromatic rings. The van der Waals surface area contributed by atoms with Crippen LogP contribution in [0, 0.1) is 0 Å². The van der Waals surface area contributed by atoms with Gasteiger partial charge in [0.1, 0.15) is 0 Å². The van der Waals surface area contributed by atoms with Crippen molar-refractivity contribution < 1.29 is 9.53 Å². The molecule has 3 heteroatoms. The van der Waals surface area contributed by atoms with Gasteiger partial charge < -0.3 is 10.5 Å². The lowest BCUT2D eigenvalue weighted by Gasteiger charge is -2.08. The third kappa shape index (κ3) is 10.5. The number of ether oxygens (including phenoxy) is 1. The normalized spacial score (nSPS) is 12.6. The summed E-state index contributed by atoms with van der Waals surface area (Å²) in [5.74, 6) is 0.137. The molecule has 0 saturated carbocycles. The number of ketones is 1. The highest BCUT2D eigenvalue weighted by Gasteiger charge is 2.11. The summed E-state index contributed by atoms with van der Waals surface area (Å²) in [6, 6.07) is -0.426.